The Kier molecular flexibility index (Phi) is 4.24. The molecule has 0 aliphatic carbocycles. The van der Waals surface area contributed by atoms with Gasteiger partial charge in [-0.05, 0) is 43.7 Å². The van der Waals surface area contributed by atoms with Gasteiger partial charge in [-0.1, -0.05) is 27.7 Å². The predicted octanol–water partition coefficient (Wildman–Crippen LogP) is 3.01. The summed E-state index contributed by atoms with van der Waals surface area (Å²) in [7, 11) is 0. The van der Waals surface area contributed by atoms with Crippen LogP contribution in [0.3, 0.4) is 0 Å². The Bertz CT molecular complexity index is 134. The van der Waals surface area contributed by atoms with Gasteiger partial charge in [0.1, 0.15) is 0 Å². The molecule has 1 aliphatic heterocycles. The van der Waals surface area contributed by atoms with Crippen LogP contribution in [0.4, 0.5) is 0 Å². The summed E-state index contributed by atoms with van der Waals surface area (Å²) in [5.41, 5.74) is 0. The van der Waals surface area contributed by atoms with Gasteiger partial charge in [0.25, 0.3) is 0 Å². The number of rotatable bonds is 3. The molecule has 0 amide bonds. The molecule has 1 atom stereocenters. The molecule has 1 heterocycles. The highest BCUT2D eigenvalue weighted by Gasteiger charge is 2.18. The molecule has 1 unspecified atom stereocenters. The van der Waals surface area contributed by atoms with Crippen LogP contribution in [0.2, 0.25) is 0 Å². The lowest BCUT2D eigenvalue weighted by Gasteiger charge is -2.33. The van der Waals surface area contributed by atoms with Crippen molar-refractivity contribution in [3.63, 3.8) is 0 Å². The summed E-state index contributed by atoms with van der Waals surface area (Å²) in [4.78, 5) is 2.64. The molecule has 1 saturated heterocycles. The van der Waals surface area contributed by atoms with E-state index in [0.717, 1.165) is 17.8 Å². The van der Waals surface area contributed by atoms with E-state index < -0.39 is 0 Å². The van der Waals surface area contributed by atoms with Gasteiger partial charge >= 0.3 is 0 Å². The van der Waals surface area contributed by atoms with Gasteiger partial charge in [-0.25, -0.2) is 0 Å². The van der Waals surface area contributed by atoms with E-state index in [4.69, 9.17) is 0 Å². The molecule has 13 heavy (non-hydrogen) atoms. The van der Waals surface area contributed by atoms with E-state index in [1.165, 1.54) is 32.5 Å². The fourth-order valence-electron chi connectivity index (χ4n) is 1.86. The summed E-state index contributed by atoms with van der Waals surface area (Å²) in [6, 6.07) is 0. The van der Waals surface area contributed by atoms with Crippen molar-refractivity contribution in [2.45, 2.75) is 40.5 Å². The van der Waals surface area contributed by atoms with E-state index in [9.17, 15) is 0 Å². The lowest BCUT2D eigenvalue weighted by atomic mass is 9.94. The number of hydrogen-bond acceptors (Lipinski definition) is 1. The Morgan fingerprint density at radius 3 is 2.15 bits per heavy atom. The Hall–Kier alpha value is -0.0400. The maximum atomic E-state index is 2.64. The van der Waals surface area contributed by atoms with Crippen LogP contribution in [0.5, 0.6) is 0 Å². The third-order valence-corrected chi connectivity index (χ3v) is 3.56. The van der Waals surface area contributed by atoms with Crippen LogP contribution in [0.15, 0.2) is 0 Å². The third kappa shape index (κ3) is 3.68. The molecule has 0 aromatic rings. The van der Waals surface area contributed by atoms with Gasteiger partial charge in [0, 0.05) is 6.54 Å². The Labute approximate surface area is 83.5 Å². The Morgan fingerprint density at radius 2 is 1.69 bits per heavy atom. The molecular weight excluding hydrogens is 158 g/mol. The lowest BCUT2D eigenvalue weighted by molar-refractivity contribution is 0.156. The van der Waals surface area contributed by atoms with Crippen LogP contribution < -0.4 is 0 Å². The summed E-state index contributed by atoms with van der Waals surface area (Å²) in [5, 5.41) is 0. The molecule has 1 nitrogen and oxygen atoms in total. The molecule has 1 aliphatic rings. The van der Waals surface area contributed by atoms with Crippen molar-refractivity contribution < 1.29 is 0 Å². The van der Waals surface area contributed by atoms with Crippen molar-refractivity contribution >= 4 is 0 Å². The molecule has 0 aromatic heterocycles. The van der Waals surface area contributed by atoms with Crippen molar-refractivity contribution in [2.75, 3.05) is 19.6 Å². The molecule has 0 radical (unpaired) electrons. The van der Waals surface area contributed by atoms with E-state index in [2.05, 4.69) is 32.6 Å². The average molecular weight is 183 g/mol. The van der Waals surface area contributed by atoms with Gasteiger partial charge in [0.2, 0.25) is 0 Å². The van der Waals surface area contributed by atoms with Gasteiger partial charge in [0.05, 0.1) is 0 Å². The molecule has 0 bridgehead atoms. The normalized spacial score (nSPS) is 23.8. The van der Waals surface area contributed by atoms with Crippen molar-refractivity contribution in [3.8, 4) is 0 Å². The largest absolute Gasteiger partial charge is 0.303 e. The molecule has 78 valence electrons. The molecule has 0 saturated carbocycles. The Balaban J connectivity index is 2.22. The monoisotopic (exact) mass is 183 g/mol. The first-order valence-corrected chi connectivity index (χ1v) is 5.82. The van der Waals surface area contributed by atoms with Crippen LogP contribution in [-0.2, 0) is 0 Å². The van der Waals surface area contributed by atoms with E-state index in [1.54, 1.807) is 0 Å². The molecular formula is C12H25N. The van der Waals surface area contributed by atoms with E-state index in [-0.39, 0.29) is 0 Å². The van der Waals surface area contributed by atoms with Crippen LogP contribution in [0, 0.1) is 17.8 Å². The van der Waals surface area contributed by atoms with Crippen LogP contribution in [-0.4, -0.2) is 24.5 Å². The Morgan fingerprint density at radius 1 is 1.15 bits per heavy atom. The van der Waals surface area contributed by atoms with Crippen LogP contribution in [0.25, 0.3) is 0 Å². The summed E-state index contributed by atoms with van der Waals surface area (Å²) in [5.74, 6) is 2.65. The van der Waals surface area contributed by atoms with Crippen LogP contribution >= 0.6 is 0 Å². The van der Waals surface area contributed by atoms with Gasteiger partial charge in [0.15, 0.2) is 0 Å². The van der Waals surface area contributed by atoms with Gasteiger partial charge < -0.3 is 4.90 Å². The second-order valence-electron chi connectivity index (χ2n) is 5.20. The zero-order valence-corrected chi connectivity index (χ0v) is 9.71. The zero-order chi connectivity index (χ0) is 9.84. The maximum Gasteiger partial charge on any atom is 0.000946 e. The summed E-state index contributed by atoms with van der Waals surface area (Å²) < 4.78 is 0. The molecule has 0 aromatic carbocycles. The number of piperidine rings is 1. The first kappa shape index (κ1) is 11.0. The van der Waals surface area contributed by atoms with Crippen molar-refractivity contribution in [1.29, 1.82) is 0 Å². The minimum absolute atomic E-state index is 0.833. The smallest absolute Gasteiger partial charge is 0.000946 e. The molecule has 1 fully saturated rings. The number of hydrogen-bond donors (Lipinski definition) is 0. The molecule has 0 spiro atoms. The average Bonchev–Trinajstić information content (AvgIpc) is 2.08. The fraction of sp³-hybridized carbons (Fsp3) is 1.00. The lowest BCUT2D eigenvalue weighted by Crippen LogP contribution is -2.37. The fourth-order valence-corrected chi connectivity index (χ4v) is 1.86. The first-order chi connectivity index (χ1) is 6.09. The van der Waals surface area contributed by atoms with Gasteiger partial charge in [-0.3, -0.25) is 0 Å². The summed E-state index contributed by atoms with van der Waals surface area (Å²) in [6.07, 6.45) is 2.82. The maximum absolute atomic E-state index is 2.64. The molecule has 0 N–H and O–H groups in total. The first-order valence-electron chi connectivity index (χ1n) is 5.82. The third-order valence-electron chi connectivity index (χ3n) is 3.56. The minimum Gasteiger partial charge on any atom is -0.303 e. The zero-order valence-electron chi connectivity index (χ0n) is 9.71. The minimum atomic E-state index is 0.833. The van der Waals surface area contributed by atoms with Crippen LogP contribution in [0.1, 0.15) is 40.5 Å². The van der Waals surface area contributed by atoms with Crippen molar-refractivity contribution in [1.82, 2.24) is 4.90 Å². The highest BCUT2D eigenvalue weighted by atomic mass is 15.1. The number of likely N-dealkylation sites (tertiary alicyclic amines) is 1. The van der Waals surface area contributed by atoms with E-state index >= 15 is 0 Å². The van der Waals surface area contributed by atoms with Gasteiger partial charge in [-0.15, -0.1) is 0 Å². The highest BCUT2D eigenvalue weighted by Crippen LogP contribution is 2.19. The van der Waals surface area contributed by atoms with Crippen molar-refractivity contribution in [3.05, 3.63) is 0 Å². The second-order valence-corrected chi connectivity index (χ2v) is 5.20. The second kappa shape index (κ2) is 4.99. The van der Waals surface area contributed by atoms with E-state index in [1.807, 2.05) is 0 Å². The SMILES string of the molecule is CC1CCN(CC(C)C(C)C)CC1. The number of nitrogens with zero attached hydrogens (tertiary/aromatic N) is 1. The van der Waals surface area contributed by atoms with Gasteiger partial charge in [-0.2, -0.15) is 0 Å². The summed E-state index contributed by atoms with van der Waals surface area (Å²) >= 11 is 0. The standard InChI is InChI=1S/C12H25N/c1-10(2)12(4)9-13-7-5-11(3)6-8-13/h10-12H,5-9H2,1-4H3. The topological polar surface area (TPSA) is 3.24 Å². The molecule has 1 rings (SSSR count). The molecule has 1 heteroatoms. The highest BCUT2D eigenvalue weighted by molar-refractivity contribution is 4.72. The van der Waals surface area contributed by atoms with Crippen molar-refractivity contribution in [2.24, 2.45) is 17.8 Å². The summed E-state index contributed by atoms with van der Waals surface area (Å²) in [6.45, 7) is 13.4. The van der Waals surface area contributed by atoms with E-state index in [0.29, 0.717) is 0 Å². The quantitative estimate of drug-likeness (QED) is 0.650. The predicted molar refractivity (Wildman–Crippen MR) is 58.8 cm³/mol.